The topological polar surface area (TPSA) is 118 Å². The molecule has 6 nitrogen and oxygen atoms in total. The largest absolute Gasteiger partial charge is 0.360 e. The average Bonchev–Trinajstić information content (AvgIpc) is 1.97. The SMILES string of the molecule is O=CC(O)(O)CCCCC(O)(O)O. The quantitative estimate of drug-likeness (QED) is 0.191. The van der Waals surface area contributed by atoms with Crippen LogP contribution in [0, 0.1) is 0 Å². The summed E-state index contributed by atoms with van der Waals surface area (Å²) in [6, 6.07) is 0. The van der Waals surface area contributed by atoms with E-state index in [4.69, 9.17) is 25.5 Å². The fourth-order valence-electron chi connectivity index (χ4n) is 0.806. The van der Waals surface area contributed by atoms with E-state index in [2.05, 4.69) is 0 Å². The van der Waals surface area contributed by atoms with Crippen molar-refractivity contribution in [3.63, 3.8) is 0 Å². The summed E-state index contributed by atoms with van der Waals surface area (Å²) in [7, 11) is 0. The second kappa shape index (κ2) is 4.64. The molecule has 0 bridgehead atoms. The summed E-state index contributed by atoms with van der Waals surface area (Å²) < 4.78 is 0. The molecule has 0 aromatic heterocycles. The molecule has 0 aromatic rings. The first-order chi connectivity index (χ1) is 5.77. The minimum atomic E-state index is -2.73. The van der Waals surface area contributed by atoms with Crippen LogP contribution in [-0.2, 0) is 4.79 Å². The molecule has 0 unspecified atom stereocenters. The Hall–Kier alpha value is -0.530. The van der Waals surface area contributed by atoms with E-state index >= 15 is 0 Å². The molecule has 0 saturated heterocycles. The van der Waals surface area contributed by atoms with Gasteiger partial charge in [-0.2, -0.15) is 0 Å². The van der Waals surface area contributed by atoms with Crippen LogP contribution in [0.2, 0.25) is 0 Å². The van der Waals surface area contributed by atoms with Gasteiger partial charge in [0.15, 0.2) is 6.29 Å². The number of hydrogen-bond donors (Lipinski definition) is 5. The van der Waals surface area contributed by atoms with Gasteiger partial charge < -0.3 is 25.5 Å². The first kappa shape index (κ1) is 12.5. The zero-order valence-electron chi connectivity index (χ0n) is 7.05. The fourth-order valence-corrected chi connectivity index (χ4v) is 0.806. The van der Waals surface area contributed by atoms with Crippen LogP contribution in [0.15, 0.2) is 0 Å². The predicted octanol–water partition coefficient (Wildman–Crippen LogP) is -1.94. The molecule has 0 amide bonds. The van der Waals surface area contributed by atoms with Gasteiger partial charge in [-0.25, -0.2) is 0 Å². The van der Waals surface area contributed by atoms with E-state index in [0.29, 0.717) is 0 Å². The molecule has 0 aliphatic heterocycles. The molecule has 0 aliphatic carbocycles. The maximum atomic E-state index is 9.97. The average molecular weight is 194 g/mol. The molecule has 0 aromatic carbocycles. The van der Waals surface area contributed by atoms with Crippen molar-refractivity contribution in [2.45, 2.75) is 37.4 Å². The van der Waals surface area contributed by atoms with E-state index in [-0.39, 0.29) is 32.0 Å². The molecule has 78 valence electrons. The zero-order chi connectivity index (χ0) is 10.5. The molecule has 0 atom stereocenters. The lowest BCUT2D eigenvalue weighted by Crippen LogP contribution is -2.30. The molecule has 0 spiro atoms. The number of hydrogen-bond acceptors (Lipinski definition) is 6. The van der Waals surface area contributed by atoms with Crippen molar-refractivity contribution < 1.29 is 30.3 Å². The second-order valence-corrected chi connectivity index (χ2v) is 2.98. The lowest BCUT2D eigenvalue weighted by Gasteiger charge is -2.16. The summed E-state index contributed by atoms with van der Waals surface area (Å²) in [5.41, 5.74) is 0. The van der Waals surface area contributed by atoms with Gasteiger partial charge in [0, 0.05) is 12.8 Å². The second-order valence-electron chi connectivity index (χ2n) is 2.98. The highest BCUT2D eigenvalue weighted by atomic mass is 16.7. The van der Waals surface area contributed by atoms with Crippen LogP contribution in [0.4, 0.5) is 0 Å². The zero-order valence-corrected chi connectivity index (χ0v) is 7.05. The Bertz CT molecular complexity index is 159. The number of rotatable bonds is 6. The third-order valence-electron chi connectivity index (χ3n) is 1.50. The maximum absolute atomic E-state index is 9.97. The van der Waals surface area contributed by atoms with Crippen molar-refractivity contribution in [1.29, 1.82) is 0 Å². The van der Waals surface area contributed by atoms with Crippen LogP contribution < -0.4 is 0 Å². The summed E-state index contributed by atoms with van der Waals surface area (Å²) in [5, 5.41) is 42.8. The Morgan fingerprint density at radius 3 is 1.77 bits per heavy atom. The van der Waals surface area contributed by atoms with Gasteiger partial charge in [0.1, 0.15) is 0 Å². The van der Waals surface area contributed by atoms with Gasteiger partial charge in [0.2, 0.25) is 5.79 Å². The molecule has 13 heavy (non-hydrogen) atoms. The van der Waals surface area contributed by atoms with Gasteiger partial charge in [-0.1, -0.05) is 0 Å². The lowest BCUT2D eigenvalue weighted by molar-refractivity contribution is -0.315. The summed E-state index contributed by atoms with van der Waals surface area (Å²) in [6.07, 6.45) is -0.152. The number of aldehydes is 1. The van der Waals surface area contributed by atoms with E-state index in [0.717, 1.165) is 0 Å². The molecule has 0 fully saturated rings. The standard InChI is InChI=1S/C7H14O6/c8-5-6(9,10)3-1-2-4-7(11,12)13/h5,9-13H,1-4H2. The molecule has 6 heteroatoms. The molecular formula is C7H14O6. The molecule has 0 aliphatic rings. The first-order valence-electron chi connectivity index (χ1n) is 3.85. The Balaban J connectivity index is 3.52. The van der Waals surface area contributed by atoms with Crippen molar-refractivity contribution in [3.05, 3.63) is 0 Å². The van der Waals surface area contributed by atoms with Gasteiger partial charge in [-0.15, -0.1) is 0 Å². The molecule has 0 saturated carbocycles. The third kappa shape index (κ3) is 7.82. The Kier molecular flexibility index (Phi) is 4.45. The van der Waals surface area contributed by atoms with Gasteiger partial charge in [0.05, 0.1) is 0 Å². The van der Waals surface area contributed by atoms with Crippen molar-refractivity contribution in [2.75, 3.05) is 0 Å². The minimum absolute atomic E-state index is 0.00289. The van der Waals surface area contributed by atoms with Crippen LogP contribution in [0.1, 0.15) is 25.7 Å². The van der Waals surface area contributed by atoms with E-state index in [1.54, 1.807) is 0 Å². The number of aliphatic hydroxyl groups is 5. The summed E-state index contributed by atoms with van der Waals surface area (Å²) in [5.74, 6) is -5.09. The van der Waals surface area contributed by atoms with Gasteiger partial charge >= 0.3 is 0 Å². The van der Waals surface area contributed by atoms with E-state index in [1.165, 1.54) is 0 Å². The Morgan fingerprint density at radius 1 is 0.923 bits per heavy atom. The number of carbonyl (C=O) groups is 1. The number of carbonyl (C=O) groups excluding carboxylic acids is 1. The van der Waals surface area contributed by atoms with Crippen LogP contribution in [0.5, 0.6) is 0 Å². The Morgan fingerprint density at radius 2 is 1.38 bits per heavy atom. The third-order valence-corrected chi connectivity index (χ3v) is 1.50. The van der Waals surface area contributed by atoms with Crippen LogP contribution in [-0.4, -0.2) is 43.6 Å². The minimum Gasteiger partial charge on any atom is -0.360 e. The van der Waals surface area contributed by atoms with Crippen LogP contribution in [0.25, 0.3) is 0 Å². The smallest absolute Gasteiger partial charge is 0.275 e. The van der Waals surface area contributed by atoms with Gasteiger partial charge in [0.25, 0.3) is 5.97 Å². The summed E-state index contributed by atoms with van der Waals surface area (Å²) >= 11 is 0. The van der Waals surface area contributed by atoms with Crippen LogP contribution >= 0.6 is 0 Å². The lowest BCUT2D eigenvalue weighted by atomic mass is 10.1. The van der Waals surface area contributed by atoms with Gasteiger partial charge in [-0.3, -0.25) is 4.79 Å². The summed E-state index contributed by atoms with van der Waals surface area (Å²) in [6.45, 7) is 0. The van der Waals surface area contributed by atoms with E-state index < -0.39 is 11.8 Å². The summed E-state index contributed by atoms with van der Waals surface area (Å²) in [4.78, 5) is 9.97. The monoisotopic (exact) mass is 194 g/mol. The van der Waals surface area contributed by atoms with E-state index in [9.17, 15) is 4.79 Å². The van der Waals surface area contributed by atoms with E-state index in [1.807, 2.05) is 0 Å². The van der Waals surface area contributed by atoms with Crippen LogP contribution in [0.3, 0.4) is 0 Å². The maximum Gasteiger partial charge on any atom is 0.275 e. The molecule has 0 radical (unpaired) electrons. The number of unbranched alkanes of at least 4 members (excludes halogenated alkanes) is 1. The van der Waals surface area contributed by atoms with Gasteiger partial charge in [-0.05, 0) is 12.8 Å². The predicted molar refractivity (Wildman–Crippen MR) is 41.1 cm³/mol. The molecule has 0 rings (SSSR count). The highest BCUT2D eigenvalue weighted by molar-refractivity contribution is 5.58. The molecular weight excluding hydrogens is 180 g/mol. The molecule has 5 N–H and O–H groups in total. The fraction of sp³-hybridized carbons (Fsp3) is 0.857. The molecule has 0 heterocycles. The van der Waals surface area contributed by atoms with Crippen molar-refractivity contribution in [3.8, 4) is 0 Å². The van der Waals surface area contributed by atoms with Crippen molar-refractivity contribution in [1.82, 2.24) is 0 Å². The highest BCUT2D eigenvalue weighted by Crippen LogP contribution is 2.13. The normalized spacial score (nSPS) is 13.0. The Labute approximate surface area is 75.1 Å². The highest BCUT2D eigenvalue weighted by Gasteiger charge is 2.22. The first-order valence-corrected chi connectivity index (χ1v) is 3.85. The van der Waals surface area contributed by atoms with Crippen molar-refractivity contribution in [2.24, 2.45) is 0 Å². The van der Waals surface area contributed by atoms with Crippen molar-refractivity contribution >= 4 is 6.29 Å².